The number of imide groups is 1. The maximum Gasteiger partial charge on any atom is 0.256 e. The Morgan fingerprint density at radius 3 is 2.18 bits per heavy atom. The lowest BCUT2D eigenvalue weighted by Gasteiger charge is -2.23. The predicted molar refractivity (Wildman–Crippen MR) is 63.0 cm³/mol. The summed E-state index contributed by atoms with van der Waals surface area (Å²) in [5, 5.41) is 9.25. The number of carbonyl (C=O) groups is 2. The van der Waals surface area contributed by atoms with E-state index in [0.29, 0.717) is 17.7 Å². The molecule has 4 heteroatoms. The van der Waals surface area contributed by atoms with Gasteiger partial charge in [0, 0.05) is 24.3 Å². The maximum absolute atomic E-state index is 11.9. The van der Waals surface area contributed by atoms with Crippen molar-refractivity contribution in [1.82, 2.24) is 4.90 Å². The standard InChI is InChI=1S/C13H19NO3/c1-8-9(2)13(17)14(12(8)16)6-10-4-3-5-11(10)7-15/h10-11,15H,3-7H2,1-2H3. The summed E-state index contributed by atoms with van der Waals surface area (Å²) in [6.45, 7) is 4.03. The lowest BCUT2D eigenvalue weighted by atomic mass is 9.96. The van der Waals surface area contributed by atoms with Gasteiger partial charge in [-0.15, -0.1) is 0 Å². The molecule has 0 saturated heterocycles. The first kappa shape index (κ1) is 12.3. The summed E-state index contributed by atoms with van der Waals surface area (Å²) in [7, 11) is 0. The van der Waals surface area contributed by atoms with Crippen molar-refractivity contribution in [2.75, 3.05) is 13.2 Å². The first-order valence-electron chi connectivity index (χ1n) is 6.20. The Morgan fingerprint density at radius 2 is 1.65 bits per heavy atom. The van der Waals surface area contributed by atoms with Crippen LogP contribution in [0.25, 0.3) is 0 Å². The molecule has 1 heterocycles. The van der Waals surface area contributed by atoms with Crippen LogP contribution in [0.4, 0.5) is 0 Å². The summed E-state index contributed by atoms with van der Waals surface area (Å²) in [6, 6.07) is 0. The van der Waals surface area contributed by atoms with Crippen LogP contribution in [0.1, 0.15) is 33.1 Å². The SMILES string of the molecule is CC1=C(C)C(=O)N(CC2CCCC2CO)C1=O. The number of amides is 2. The van der Waals surface area contributed by atoms with Gasteiger partial charge in [0.05, 0.1) is 0 Å². The first-order valence-corrected chi connectivity index (χ1v) is 6.20. The summed E-state index contributed by atoms with van der Waals surface area (Å²) < 4.78 is 0. The molecule has 0 aromatic carbocycles. The van der Waals surface area contributed by atoms with Crippen LogP contribution in [0.2, 0.25) is 0 Å². The van der Waals surface area contributed by atoms with E-state index in [9.17, 15) is 14.7 Å². The third kappa shape index (κ3) is 2.02. The first-order chi connectivity index (χ1) is 8.06. The molecule has 0 radical (unpaired) electrons. The van der Waals surface area contributed by atoms with Crippen molar-refractivity contribution in [3.05, 3.63) is 11.1 Å². The highest BCUT2D eigenvalue weighted by atomic mass is 16.3. The highest BCUT2D eigenvalue weighted by Crippen LogP contribution is 2.33. The van der Waals surface area contributed by atoms with Gasteiger partial charge in [0.1, 0.15) is 0 Å². The Kier molecular flexibility index (Phi) is 3.33. The van der Waals surface area contributed by atoms with Crippen LogP contribution in [0.15, 0.2) is 11.1 Å². The number of rotatable bonds is 3. The van der Waals surface area contributed by atoms with E-state index >= 15 is 0 Å². The third-order valence-electron chi connectivity index (χ3n) is 4.16. The quantitative estimate of drug-likeness (QED) is 0.748. The fraction of sp³-hybridized carbons (Fsp3) is 0.692. The number of hydrogen-bond acceptors (Lipinski definition) is 3. The fourth-order valence-electron chi connectivity index (χ4n) is 2.81. The molecule has 2 atom stereocenters. The summed E-state index contributed by atoms with van der Waals surface area (Å²) in [5.74, 6) is 0.204. The lowest BCUT2D eigenvalue weighted by molar-refractivity contribution is -0.138. The minimum atomic E-state index is -0.156. The van der Waals surface area contributed by atoms with Crippen LogP contribution in [0, 0.1) is 11.8 Å². The number of carbonyl (C=O) groups excluding carboxylic acids is 2. The molecule has 1 saturated carbocycles. The predicted octanol–water partition coefficient (Wildman–Crippen LogP) is 1.10. The largest absolute Gasteiger partial charge is 0.396 e. The second-order valence-corrected chi connectivity index (χ2v) is 5.10. The van der Waals surface area contributed by atoms with Crippen LogP contribution < -0.4 is 0 Å². The molecule has 4 nitrogen and oxygen atoms in total. The van der Waals surface area contributed by atoms with Gasteiger partial charge in [0.25, 0.3) is 11.8 Å². The summed E-state index contributed by atoms with van der Waals surface area (Å²) in [6.07, 6.45) is 3.08. The molecule has 1 aliphatic heterocycles. The number of hydrogen-bond donors (Lipinski definition) is 1. The van der Waals surface area contributed by atoms with Crippen LogP contribution >= 0.6 is 0 Å². The van der Waals surface area contributed by atoms with Crippen molar-refractivity contribution in [3.8, 4) is 0 Å². The highest BCUT2D eigenvalue weighted by molar-refractivity contribution is 6.18. The van der Waals surface area contributed by atoms with Gasteiger partial charge in [-0.25, -0.2) is 0 Å². The van der Waals surface area contributed by atoms with Gasteiger partial charge < -0.3 is 5.11 Å². The molecule has 17 heavy (non-hydrogen) atoms. The van der Waals surface area contributed by atoms with Gasteiger partial charge in [-0.1, -0.05) is 6.42 Å². The van der Waals surface area contributed by atoms with E-state index in [2.05, 4.69) is 0 Å². The molecule has 0 spiro atoms. The van der Waals surface area contributed by atoms with Gasteiger partial charge >= 0.3 is 0 Å². The Labute approximate surface area is 101 Å². The average molecular weight is 237 g/mol. The summed E-state index contributed by atoms with van der Waals surface area (Å²) in [4.78, 5) is 25.1. The molecule has 2 aliphatic rings. The van der Waals surface area contributed by atoms with Crippen LogP contribution in [0.3, 0.4) is 0 Å². The van der Waals surface area contributed by atoms with E-state index < -0.39 is 0 Å². The van der Waals surface area contributed by atoms with Gasteiger partial charge in [-0.3, -0.25) is 14.5 Å². The number of nitrogens with zero attached hydrogens (tertiary/aromatic N) is 1. The summed E-state index contributed by atoms with van der Waals surface area (Å²) >= 11 is 0. The molecule has 1 aliphatic carbocycles. The summed E-state index contributed by atoms with van der Waals surface area (Å²) in [5.41, 5.74) is 1.13. The minimum absolute atomic E-state index is 0.156. The highest BCUT2D eigenvalue weighted by Gasteiger charge is 2.37. The minimum Gasteiger partial charge on any atom is -0.396 e. The Balaban J connectivity index is 2.06. The Hall–Kier alpha value is -1.16. The van der Waals surface area contributed by atoms with Crippen molar-refractivity contribution < 1.29 is 14.7 Å². The molecular formula is C13H19NO3. The van der Waals surface area contributed by atoms with E-state index in [-0.39, 0.29) is 30.3 Å². The van der Waals surface area contributed by atoms with Crippen LogP contribution in [-0.2, 0) is 9.59 Å². The normalized spacial score (nSPS) is 29.7. The molecule has 2 unspecified atom stereocenters. The van der Waals surface area contributed by atoms with E-state index in [1.165, 1.54) is 4.90 Å². The van der Waals surface area contributed by atoms with Crippen molar-refractivity contribution >= 4 is 11.8 Å². The average Bonchev–Trinajstić information content (AvgIpc) is 2.85. The Morgan fingerprint density at radius 1 is 1.12 bits per heavy atom. The van der Waals surface area contributed by atoms with Gasteiger partial charge in [-0.05, 0) is 38.5 Å². The molecule has 2 amide bonds. The molecule has 0 aromatic rings. The molecule has 94 valence electrons. The zero-order valence-corrected chi connectivity index (χ0v) is 10.4. The second-order valence-electron chi connectivity index (χ2n) is 5.10. The smallest absolute Gasteiger partial charge is 0.256 e. The molecule has 1 fully saturated rings. The zero-order valence-electron chi connectivity index (χ0n) is 10.4. The molecular weight excluding hydrogens is 218 g/mol. The van der Waals surface area contributed by atoms with Crippen molar-refractivity contribution in [2.24, 2.45) is 11.8 Å². The zero-order chi connectivity index (χ0) is 12.6. The topological polar surface area (TPSA) is 57.6 Å². The van der Waals surface area contributed by atoms with Crippen LogP contribution in [0.5, 0.6) is 0 Å². The van der Waals surface area contributed by atoms with Gasteiger partial charge in [0.15, 0.2) is 0 Å². The molecule has 2 rings (SSSR count). The van der Waals surface area contributed by atoms with E-state index in [0.717, 1.165) is 19.3 Å². The van der Waals surface area contributed by atoms with Gasteiger partial charge in [-0.2, -0.15) is 0 Å². The monoisotopic (exact) mass is 237 g/mol. The number of aliphatic hydroxyl groups excluding tert-OH is 1. The van der Waals surface area contributed by atoms with Gasteiger partial charge in [0.2, 0.25) is 0 Å². The van der Waals surface area contributed by atoms with Crippen molar-refractivity contribution in [3.63, 3.8) is 0 Å². The maximum atomic E-state index is 11.9. The van der Waals surface area contributed by atoms with E-state index in [4.69, 9.17) is 0 Å². The Bertz CT molecular complexity index is 362. The van der Waals surface area contributed by atoms with Crippen molar-refractivity contribution in [2.45, 2.75) is 33.1 Å². The second kappa shape index (κ2) is 4.61. The molecule has 0 aromatic heterocycles. The lowest BCUT2D eigenvalue weighted by Crippen LogP contribution is -2.37. The molecule has 0 bridgehead atoms. The molecule has 1 N–H and O–H groups in total. The van der Waals surface area contributed by atoms with E-state index in [1.807, 2.05) is 0 Å². The third-order valence-corrected chi connectivity index (χ3v) is 4.16. The van der Waals surface area contributed by atoms with Crippen molar-refractivity contribution in [1.29, 1.82) is 0 Å². The van der Waals surface area contributed by atoms with E-state index in [1.54, 1.807) is 13.8 Å². The fourth-order valence-corrected chi connectivity index (χ4v) is 2.81. The number of aliphatic hydroxyl groups is 1. The van der Waals surface area contributed by atoms with Crippen LogP contribution in [-0.4, -0.2) is 35.0 Å².